The Bertz CT molecular complexity index is 897. The number of morpholine rings is 1. The van der Waals surface area contributed by atoms with Gasteiger partial charge in [-0.05, 0) is 12.1 Å². The number of hydrogen-bond donors (Lipinski definition) is 1. The highest BCUT2D eigenvalue weighted by Crippen LogP contribution is 2.30. The van der Waals surface area contributed by atoms with Crippen LogP contribution in [0.1, 0.15) is 5.56 Å². The van der Waals surface area contributed by atoms with Crippen molar-refractivity contribution in [2.45, 2.75) is 16.1 Å². The monoisotopic (exact) mass is 389 g/mol. The number of nitrogens with zero attached hydrogens (tertiary/aromatic N) is 4. The van der Waals surface area contributed by atoms with Crippen LogP contribution in [0.4, 0.5) is 24.9 Å². The summed E-state index contributed by atoms with van der Waals surface area (Å²) in [5.74, 6) is -0.0479. The number of ether oxygens (including phenoxy) is 1. The standard InChI is InChI=1S/C14H14F3N5O3S/c15-14(16,17)9-1-2-11(19-7-9)26(23,24)10-8-20-13(21-12(10)18)22-3-5-25-6-4-22/h1-2,7-8H,3-6H2,(H2,18,20,21). The van der Waals surface area contributed by atoms with E-state index in [1.807, 2.05) is 0 Å². The second-order valence-electron chi connectivity index (χ2n) is 5.41. The number of rotatable bonds is 3. The van der Waals surface area contributed by atoms with Crippen molar-refractivity contribution in [3.63, 3.8) is 0 Å². The Labute approximate surface area is 146 Å². The minimum absolute atomic E-state index is 0.255. The first-order valence-electron chi connectivity index (χ1n) is 7.43. The molecule has 0 amide bonds. The van der Waals surface area contributed by atoms with Crippen LogP contribution in [-0.2, 0) is 20.8 Å². The van der Waals surface area contributed by atoms with Gasteiger partial charge in [0.15, 0.2) is 5.03 Å². The van der Waals surface area contributed by atoms with Crippen molar-refractivity contribution in [3.05, 3.63) is 30.1 Å². The van der Waals surface area contributed by atoms with E-state index in [4.69, 9.17) is 10.5 Å². The number of alkyl halides is 3. The third-order valence-electron chi connectivity index (χ3n) is 3.69. The normalized spacial score (nSPS) is 15.9. The molecule has 2 aromatic rings. The Morgan fingerprint density at radius 2 is 1.81 bits per heavy atom. The molecule has 2 aromatic heterocycles. The second-order valence-corrected chi connectivity index (χ2v) is 7.27. The van der Waals surface area contributed by atoms with Crippen LogP contribution in [0.25, 0.3) is 0 Å². The molecule has 0 bridgehead atoms. The Balaban J connectivity index is 1.91. The molecule has 0 unspecified atom stereocenters. The predicted octanol–water partition coefficient (Wildman–Crippen LogP) is 1.14. The summed E-state index contributed by atoms with van der Waals surface area (Å²) >= 11 is 0. The third kappa shape index (κ3) is 3.55. The number of halogens is 3. The van der Waals surface area contributed by atoms with Gasteiger partial charge in [0.25, 0.3) is 0 Å². The van der Waals surface area contributed by atoms with E-state index in [9.17, 15) is 21.6 Å². The van der Waals surface area contributed by atoms with Gasteiger partial charge in [-0.1, -0.05) is 0 Å². The van der Waals surface area contributed by atoms with E-state index in [-0.39, 0.29) is 11.8 Å². The van der Waals surface area contributed by atoms with Crippen molar-refractivity contribution >= 4 is 21.6 Å². The molecular formula is C14H14F3N5O3S. The van der Waals surface area contributed by atoms with Crippen molar-refractivity contribution < 1.29 is 26.3 Å². The van der Waals surface area contributed by atoms with Crippen LogP contribution in [-0.4, -0.2) is 49.7 Å². The number of nitrogen functional groups attached to an aromatic ring is 1. The van der Waals surface area contributed by atoms with E-state index in [0.29, 0.717) is 38.6 Å². The minimum atomic E-state index is -4.61. The molecule has 0 aromatic carbocycles. The summed E-state index contributed by atoms with van der Waals surface area (Å²) in [5, 5.41) is -0.570. The van der Waals surface area contributed by atoms with Crippen LogP contribution in [0.15, 0.2) is 34.4 Å². The maximum atomic E-state index is 12.6. The number of hydrogen-bond acceptors (Lipinski definition) is 8. The highest BCUT2D eigenvalue weighted by Gasteiger charge is 2.32. The van der Waals surface area contributed by atoms with Crippen LogP contribution in [0.2, 0.25) is 0 Å². The number of aromatic nitrogens is 3. The van der Waals surface area contributed by atoms with Gasteiger partial charge in [-0.3, -0.25) is 0 Å². The smallest absolute Gasteiger partial charge is 0.382 e. The van der Waals surface area contributed by atoms with Crippen molar-refractivity contribution in [1.29, 1.82) is 0 Å². The first kappa shape index (κ1) is 18.3. The maximum Gasteiger partial charge on any atom is 0.417 e. The van der Waals surface area contributed by atoms with Crippen molar-refractivity contribution in [2.24, 2.45) is 0 Å². The van der Waals surface area contributed by atoms with Crippen LogP contribution >= 0.6 is 0 Å². The topological polar surface area (TPSA) is 111 Å². The Kier molecular flexibility index (Phi) is 4.71. The lowest BCUT2D eigenvalue weighted by Gasteiger charge is -2.26. The van der Waals surface area contributed by atoms with Crippen molar-refractivity contribution in [2.75, 3.05) is 36.9 Å². The van der Waals surface area contributed by atoms with Gasteiger partial charge in [0.1, 0.15) is 10.7 Å². The molecule has 140 valence electrons. The highest BCUT2D eigenvalue weighted by molar-refractivity contribution is 7.91. The molecule has 0 saturated carbocycles. The number of sulfone groups is 1. The molecule has 1 saturated heterocycles. The third-order valence-corrected chi connectivity index (χ3v) is 5.38. The van der Waals surface area contributed by atoms with Gasteiger partial charge in [0.2, 0.25) is 15.8 Å². The fourth-order valence-electron chi connectivity index (χ4n) is 2.32. The summed E-state index contributed by atoms with van der Waals surface area (Å²) in [6.45, 7) is 2.04. The molecule has 3 rings (SSSR count). The first-order valence-corrected chi connectivity index (χ1v) is 8.91. The SMILES string of the molecule is Nc1nc(N2CCOCC2)ncc1S(=O)(=O)c1ccc(C(F)(F)F)cn1. The molecule has 3 heterocycles. The molecule has 1 fully saturated rings. The minimum Gasteiger partial charge on any atom is -0.382 e. The summed E-state index contributed by atoms with van der Waals surface area (Å²) in [7, 11) is -4.25. The lowest BCUT2D eigenvalue weighted by molar-refractivity contribution is -0.137. The van der Waals surface area contributed by atoms with E-state index in [0.717, 1.165) is 12.3 Å². The maximum absolute atomic E-state index is 12.6. The first-order chi connectivity index (χ1) is 12.2. The lowest BCUT2D eigenvalue weighted by Crippen LogP contribution is -2.37. The molecule has 0 atom stereocenters. The fourth-order valence-corrected chi connectivity index (χ4v) is 3.49. The average Bonchev–Trinajstić information content (AvgIpc) is 2.61. The summed E-state index contributed by atoms with van der Waals surface area (Å²) in [6.07, 6.45) is -3.13. The van der Waals surface area contributed by atoms with E-state index in [1.54, 1.807) is 4.90 Å². The number of anilines is 2. The zero-order valence-electron chi connectivity index (χ0n) is 13.3. The zero-order chi connectivity index (χ0) is 18.9. The van der Waals surface area contributed by atoms with Gasteiger partial charge in [-0.25, -0.2) is 18.4 Å². The number of pyridine rings is 1. The number of nitrogens with two attached hydrogens (primary N) is 1. The molecule has 1 aliphatic heterocycles. The summed E-state index contributed by atoms with van der Waals surface area (Å²) in [6, 6.07) is 1.41. The average molecular weight is 389 g/mol. The van der Waals surface area contributed by atoms with Crippen LogP contribution in [0.5, 0.6) is 0 Å². The molecule has 0 aliphatic carbocycles. The van der Waals surface area contributed by atoms with E-state index < -0.39 is 31.5 Å². The molecule has 0 radical (unpaired) electrons. The van der Waals surface area contributed by atoms with Crippen molar-refractivity contribution in [3.8, 4) is 0 Å². The summed E-state index contributed by atoms with van der Waals surface area (Å²) in [4.78, 5) is 12.8. The van der Waals surface area contributed by atoms with Gasteiger partial charge < -0.3 is 15.4 Å². The summed E-state index contributed by atoms with van der Waals surface area (Å²) < 4.78 is 68.1. The predicted molar refractivity (Wildman–Crippen MR) is 84.2 cm³/mol. The fraction of sp³-hybridized carbons (Fsp3) is 0.357. The largest absolute Gasteiger partial charge is 0.417 e. The quantitative estimate of drug-likeness (QED) is 0.832. The van der Waals surface area contributed by atoms with Crippen molar-refractivity contribution in [1.82, 2.24) is 15.0 Å². The van der Waals surface area contributed by atoms with Gasteiger partial charge in [-0.15, -0.1) is 0 Å². The molecule has 8 nitrogen and oxygen atoms in total. The Hall–Kier alpha value is -2.47. The highest BCUT2D eigenvalue weighted by atomic mass is 32.2. The Morgan fingerprint density at radius 1 is 1.12 bits per heavy atom. The van der Waals surface area contributed by atoms with Gasteiger partial charge in [0.05, 0.1) is 25.0 Å². The van der Waals surface area contributed by atoms with E-state index >= 15 is 0 Å². The molecule has 0 spiro atoms. The van der Waals surface area contributed by atoms with Crippen LogP contribution in [0, 0.1) is 0 Å². The summed E-state index contributed by atoms with van der Waals surface area (Å²) in [5.41, 5.74) is 4.70. The molecular weight excluding hydrogens is 375 g/mol. The molecule has 2 N–H and O–H groups in total. The molecule has 26 heavy (non-hydrogen) atoms. The second kappa shape index (κ2) is 6.68. The van der Waals surface area contributed by atoms with Gasteiger partial charge >= 0.3 is 6.18 Å². The molecule has 12 heteroatoms. The van der Waals surface area contributed by atoms with E-state index in [1.165, 1.54) is 0 Å². The van der Waals surface area contributed by atoms with Gasteiger partial charge in [-0.2, -0.15) is 18.2 Å². The van der Waals surface area contributed by atoms with Gasteiger partial charge in [0, 0.05) is 19.3 Å². The molecule has 1 aliphatic rings. The zero-order valence-corrected chi connectivity index (χ0v) is 14.1. The Morgan fingerprint density at radius 3 is 2.35 bits per heavy atom. The van der Waals surface area contributed by atoms with E-state index in [2.05, 4.69) is 15.0 Å². The van der Waals surface area contributed by atoms with Crippen LogP contribution < -0.4 is 10.6 Å². The van der Waals surface area contributed by atoms with Crippen LogP contribution in [0.3, 0.4) is 0 Å². The lowest BCUT2D eigenvalue weighted by atomic mass is 10.3.